The van der Waals surface area contributed by atoms with Crippen LogP contribution in [0.2, 0.25) is 0 Å². The molecule has 2 aromatic heterocycles. The van der Waals surface area contributed by atoms with Crippen LogP contribution >= 0.6 is 0 Å². The molecular formula is C15H20N4. The Kier molecular flexibility index (Phi) is 3.49. The Labute approximate surface area is 113 Å². The van der Waals surface area contributed by atoms with Gasteiger partial charge in [-0.1, -0.05) is 18.9 Å². The zero-order valence-corrected chi connectivity index (χ0v) is 11.3. The molecule has 1 aliphatic carbocycles. The highest BCUT2D eigenvalue weighted by Gasteiger charge is 2.18. The van der Waals surface area contributed by atoms with Gasteiger partial charge >= 0.3 is 0 Å². The highest BCUT2D eigenvalue weighted by Crippen LogP contribution is 2.31. The molecule has 0 unspecified atom stereocenters. The quantitative estimate of drug-likeness (QED) is 0.912. The van der Waals surface area contributed by atoms with Crippen LogP contribution in [0.3, 0.4) is 0 Å². The van der Waals surface area contributed by atoms with Crippen molar-refractivity contribution < 1.29 is 0 Å². The van der Waals surface area contributed by atoms with Gasteiger partial charge in [-0.2, -0.15) is 0 Å². The minimum absolute atomic E-state index is 0.626. The summed E-state index contributed by atoms with van der Waals surface area (Å²) in [5.41, 5.74) is 2.24. The minimum atomic E-state index is 0.626. The van der Waals surface area contributed by atoms with Crippen molar-refractivity contribution in [2.75, 3.05) is 5.32 Å². The molecule has 4 heteroatoms. The Bertz CT molecular complexity index is 523. The van der Waals surface area contributed by atoms with E-state index in [0.717, 1.165) is 18.2 Å². The van der Waals surface area contributed by atoms with Crippen molar-refractivity contribution in [3.05, 3.63) is 42.0 Å². The van der Waals surface area contributed by atoms with E-state index in [0.29, 0.717) is 6.04 Å². The van der Waals surface area contributed by atoms with Crippen molar-refractivity contribution in [1.82, 2.24) is 14.5 Å². The Morgan fingerprint density at radius 2 is 2.11 bits per heavy atom. The van der Waals surface area contributed by atoms with E-state index in [9.17, 15) is 0 Å². The molecular weight excluding hydrogens is 236 g/mol. The number of hydrogen-bond acceptors (Lipinski definition) is 3. The van der Waals surface area contributed by atoms with Crippen LogP contribution in [0.1, 0.15) is 43.0 Å². The molecule has 1 fully saturated rings. The summed E-state index contributed by atoms with van der Waals surface area (Å²) in [5, 5.41) is 3.42. The van der Waals surface area contributed by atoms with Gasteiger partial charge in [0.15, 0.2) is 0 Å². The zero-order valence-electron chi connectivity index (χ0n) is 11.3. The molecule has 0 bridgehead atoms. The zero-order chi connectivity index (χ0) is 13.1. The second-order valence-electron chi connectivity index (χ2n) is 5.26. The van der Waals surface area contributed by atoms with Gasteiger partial charge in [0.05, 0.1) is 0 Å². The van der Waals surface area contributed by atoms with E-state index in [-0.39, 0.29) is 0 Å². The summed E-state index contributed by atoms with van der Waals surface area (Å²) in [6.07, 6.45) is 11.1. The molecule has 2 heterocycles. The fourth-order valence-electron chi connectivity index (χ4n) is 2.71. The van der Waals surface area contributed by atoms with Crippen LogP contribution in [0.4, 0.5) is 5.95 Å². The van der Waals surface area contributed by atoms with Gasteiger partial charge in [0.2, 0.25) is 5.95 Å². The van der Waals surface area contributed by atoms with Gasteiger partial charge < -0.3 is 9.88 Å². The van der Waals surface area contributed by atoms with Crippen LogP contribution in [0, 0.1) is 6.92 Å². The molecule has 0 aromatic carbocycles. The first-order chi connectivity index (χ1) is 9.33. The van der Waals surface area contributed by atoms with Gasteiger partial charge in [-0.3, -0.25) is 4.98 Å². The predicted octanol–water partition coefficient (Wildman–Crippen LogP) is 3.31. The molecule has 0 radical (unpaired) electrons. The Hall–Kier alpha value is -1.84. The average molecular weight is 256 g/mol. The van der Waals surface area contributed by atoms with Gasteiger partial charge in [0.25, 0.3) is 0 Å². The molecule has 3 rings (SSSR count). The van der Waals surface area contributed by atoms with E-state index >= 15 is 0 Å². The summed E-state index contributed by atoms with van der Waals surface area (Å²) in [5.74, 6) is 0.979. The molecule has 1 N–H and O–H groups in total. The second-order valence-corrected chi connectivity index (χ2v) is 5.26. The largest absolute Gasteiger partial charge is 0.352 e. The number of imidazole rings is 1. The first-order valence-electron chi connectivity index (χ1n) is 7.01. The number of hydrogen-bond donors (Lipinski definition) is 1. The molecule has 0 spiro atoms. The van der Waals surface area contributed by atoms with Crippen LogP contribution in [-0.2, 0) is 6.54 Å². The maximum atomic E-state index is 4.42. The van der Waals surface area contributed by atoms with Crippen molar-refractivity contribution in [3.8, 4) is 0 Å². The van der Waals surface area contributed by atoms with Gasteiger partial charge in [-0.05, 0) is 31.4 Å². The van der Waals surface area contributed by atoms with Crippen molar-refractivity contribution in [2.24, 2.45) is 0 Å². The first-order valence-corrected chi connectivity index (χ1v) is 7.01. The predicted molar refractivity (Wildman–Crippen MR) is 76.0 cm³/mol. The molecule has 0 amide bonds. The number of nitrogens with one attached hydrogen (secondary N) is 1. The second kappa shape index (κ2) is 5.43. The third kappa shape index (κ3) is 2.78. The normalized spacial score (nSPS) is 15.8. The van der Waals surface area contributed by atoms with Crippen LogP contribution in [0.15, 0.2) is 30.7 Å². The van der Waals surface area contributed by atoms with E-state index in [1.165, 1.54) is 31.2 Å². The lowest BCUT2D eigenvalue weighted by molar-refractivity contribution is 0.523. The lowest BCUT2D eigenvalue weighted by Crippen LogP contribution is -2.10. The SMILES string of the molecule is Cc1ccc(CNc2nccn2C2CCCC2)cn1. The summed E-state index contributed by atoms with van der Waals surface area (Å²) in [6, 6.07) is 4.78. The molecule has 0 aliphatic heterocycles. The summed E-state index contributed by atoms with van der Waals surface area (Å²) >= 11 is 0. The third-order valence-electron chi connectivity index (χ3n) is 3.81. The van der Waals surface area contributed by atoms with E-state index in [4.69, 9.17) is 0 Å². The summed E-state index contributed by atoms with van der Waals surface area (Å²) in [7, 11) is 0. The summed E-state index contributed by atoms with van der Waals surface area (Å²) < 4.78 is 2.29. The lowest BCUT2D eigenvalue weighted by atomic mass is 10.2. The van der Waals surface area contributed by atoms with Crippen LogP contribution in [0.25, 0.3) is 0 Å². The molecule has 0 atom stereocenters. The maximum absolute atomic E-state index is 4.42. The van der Waals surface area contributed by atoms with Crippen molar-refractivity contribution in [1.29, 1.82) is 0 Å². The first kappa shape index (κ1) is 12.2. The number of pyridine rings is 1. The monoisotopic (exact) mass is 256 g/mol. The molecule has 19 heavy (non-hydrogen) atoms. The summed E-state index contributed by atoms with van der Waals surface area (Å²) in [4.78, 5) is 8.74. The molecule has 2 aromatic rings. The average Bonchev–Trinajstić information content (AvgIpc) is 3.08. The maximum Gasteiger partial charge on any atom is 0.203 e. The van der Waals surface area contributed by atoms with Crippen LogP contribution in [0.5, 0.6) is 0 Å². The number of aromatic nitrogens is 3. The fourth-order valence-corrected chi connectivity index (χ4v) is 2.71. The Morgan fingerprint density at radius 1 is 1.26 bits per heavy atom. The van der Waals surface area contributed by atoms with Gasteiger partial charge in [-0.15, -0.1) is 0 Å². The summed E-state index contributed by atoms with van der Waals surface area (Å²) in [6.45, 7) is 2.78. The fraction of sp³-hybridized carbons (Fsp3) is 0.467. The highest BCUT2D eigenvalue weighted by atomic mass is 15.2. The molecule has 100 valence electrons. The van der Waals surface area contributed by atoms with Crippen molar-refractivity contribution in [2.45, 2.75) is 45.2 Å². The third-order valence-corrected chi connectivity index (χ3v) is 3.81. The number of rotatable bonds is 4. The van der Waals surface area contributed by atoms with Crippen LogP contribution < -0.4 is 5.32 Å². The molecule has 4 nitrogen and oxygen atoms in total. The topological polar surface area (TPSA) is 42.7 Å². The number of nitrogens with zero attached hydrogens (tertiary/aromatic N) is 3. The minimum Gasteiger partial charge on any atom is -0.352 e. The van der Waals surface area contributed by atoms with E-state index in [2.05, 4.69) is 32.1 Å². The number of anilines is 1. The molecule has 1 aliphatic rings. The van der Waals surface area contributed by atoms with Gasteiger partial charge in [0.1, 0.15) is 0 Å². The van der Waals surface area contributed by atoms with Crippen molar-refractivity contribution >= 4 is 5.95 Å². The van der Waals surface area contributed by atoms with Gasteiger partial charge in [-0.25, -0.2) is 4.98 Å². The Balaban J connectivity index is 1.66. The van der Waals surface area contributed by atoms with E-state index in [1.807, 2.05) is 25.4 Å². The highest BCUT2D eigenvalue weighted by molar-refractivity contribution is 5.29. The van der Waals surface area contributed by atoms with Crippen molar-refractivity contribution in [3.63, 3.8) is 0 Å². The Morgan fingerprint density at radius 3 is 2.84 bits per heavy atom. The smallest absolute Gasteiger partial charge is 0.203 e. The molecule has 1 saturated carbocycles. The van der Waals surface area contributed by atoms with E-state index < -0.39 is 0 Å². The van der Waals surface area contributed by atoms with Crippen LogP contribution in [-0.4, -0.2) is 14.5 Å². The number of aryl methyl sites for hydroxylation is 1. The molecule has 0 saturated heterocycles. The standard InChI is InChI=1S/C15H20N4/c1-12-6-7-13(10-17-12)11-18-15-16-8-9-19(15)14-4-2-3-5-14/h6-10,14H,2-5,11H2,1H3,(H,16,18). The van der Waals surface area contributed by atoms with E-state index in [1.54, 1.807) is 0 Å². The van der Waals surface area contributed by atoms with Gasteiger partial charge in [0, 0.05) is 36.9 Å². The lowest BCUT2D eigenvalue weighted by Gasteiger charge is -2.15.